The van der Waals surface area contributed by atoms with Crippen molar-refractivity contribution >= 4 is 24.1 Å². The molecule has 0 radical (unpaired) electrons. The quantitative estimate of drug-likeness (QED) is 0.370. The SMILES string of the molecule is CCCCOC(=O)/C=C/c1ccoc1/C=C/C(=O)OCCCC. The zero-order chi connectivity index (χ0) is 16.9. The van der Waals surface area contributed by atoms with E-state index in [9.17, 15) is 9.59 Å². The smallest absolute Gasteiger partial charge is 0.330 e. The fraction of sp³-hybridized carbons (Fsp3) is 0.444. The molecule has 1 aromatic heterocycles. The maximum Gasteiger partial charge on any atom is 0.330 e. The first kappa shape index (κ1) is 18.7. The van der Waals surface area contributed by atoms with Gasteiger partial charge in [-0.25, -0.2) is 9.59 Å². The molecule has 0 saturated carbocycles. The first-order chi connectivity index (χ1) is 11.2. The van der Waals surface area contributed by atoms with Gasteiger partial charge in [-0.05, 0) is 31.1 Å². The summed E-state index contributed by atoms with van der Waals surface area (Å²) >= 11 is 0. The zero-order valence-corrected chi connectivity index (χ0v) is 13.7. The van der Waals surface area contributed by atoms with Gasteiger partial charge < -0.3 is 13.9 Å². The van der Waals surface area contributed by atoms with Crippen LogP contribution in [-0.4, -0.2) is 25.2 Å². The summed E-state index contributed by atoms with van der Waals surface area (Å²) in [5.41, 5.74) is 0.690. The molecule has 0 bridgehead atoms. The lowest BCUT2D eigenvalue weighted by Crippen LogP contribution is -2.02. The van der Waals surface area contributed by atoms with E-state index >= 15 is 0 Å². The average Bonchev–Trinajstić information content (AvgIpc) is 2.99. The predicted octanol–water partition coefficient (Wildman–Crippen LogP) is 3.99. The summed E-state index contributed by atoms with van der Waals surface area (Å²) in [6, 6.07) is 1.71. The molecule has 23 heavy (non-hydrogen) atoms. The number of unbranched alkanes of at least 4 members (excludes halogenated alkanes) is 2. The summed E-state index contributed by atoms with van der Waals surface area (Å²) < 4.78 is 15.3. The van der Waals surface area contributed by atoms with E-state index in [4.69, 9.17) is 13.9 Å². The van der Waals surface area contributed by atoms with E-state index in [2.05, 4.69) is 0 Å². The number of furan rings is 1. The topological polar surface area (TPSA) is 65.7 Å². The molecular weight excluding hydrogens is 296 g/mol. The van der Waals surface area contributed by atoms with E-state index in [0.29, 0.717) is 24.5 Å². The van der Waals surface area contributed by atoms with Crippen LogP contribution in [0.3, 0.4) is 0 Å². The van der Waals surface area contributed by atoms with Crippen molar-refractivity contribution in [2.75, 3.05) is 13.2 Å². The maximum atomic E-state index is 11.5. The molecule has 126 valence electrons. The minimum atomic E-state index is -0.413. The van der Waals surface area contributed by atoms with Gasteiger partial charge in [0.25, 0.3) is 0 Å². The van der Waals surface area contributed by atoms with Gasteiger partial charge in [-0.1, -0.05) is 26.7 Å². The molecule has 0 N–H and O–H groups in total. The molecule has 0 unspecified atom stereocenters. The summed E-state index contributed by atoms with van der Waals surface area (Å²) in [6.45, 7) is 4.88. The largest absolute Gasteiger partial charge is 0.464 e. The highest BCUT2D eigenvalue weighted by Crippen LogP contribution is 2.14. The summed E-state index contributed by atoms with van der Waals surface area (Å²) in [5, 5.41) is 0. The number of hydrogen-bond acceptors (Lipinski definition) is 5. The van der Waals surface area contributed by atoms with Gasteiger partial charge in [-0.15, -0.1) is 0 Å². The minimum Gasteiger partial charge on any atom is -0.464 e. The number of esters is 2. The summed E-state index contributed by atoms with van der Waals surface area (Å²) in [5.74, 6) is -0.327. The molecule has 1 aromatic rings. The Bertz CT molecular complexity index is 493. The highest BCUT2D eigenvalue weighted by molar-refractivity contribution is 5.89. The first-order valence-corrected chi connectivity index (χ1v) is 7.94. The van der Waals surface area contributed by atoms with Crippen molar-refractivity contribution in [1.29, 1.82) is 0 Å². The Morgan fingerprint density at radius 3 is 2.13 bits per heavy atom. The van der Waals surface area contributed by atoms with Crippen LogP contribution in [-0.2, 0) is 19.1 Å². The third-order valence-electron chi connectivity index (χ3n) is 2.98. The Balaban J connectivity index is 2.52. The molecule has 0 aliphatic heterocycles. The summed E-state index contributed by atoms with van der Waals surface area (Å²) in [7, 11) is 0. The molecule has 0 atom stereocenters. The highest BCUT2D eigenvalue weighted by Gasteiger charge is 2.03. The van der Waals surface area contributed by atoms with E-state index in [-0.39, 0.29) is 0 Å². The monoisotopic (exact) mass is 320 g/mol. The van der Waals surface area contributed by atoms with E-state index < -0.39 is 11.9 Å². The van der Waals surface area contributed by atoms with Crippen LogP contribution in [0.5, 0.6) is 0 Å². The van der Waals surface area contributed by atoms with Gasteiger partial charge in [0.15, 0.2) is 0 Å². The first-order valence-electron chi connectivity index (χ1n) is 7.94. The van der Waals surface area contributed by atoms with Crippen LogP contribution >= 0.6 is 0 Å². The van der Waals surface area contributed by atoms with E-state index in [1.807, 2.05) is 13.8 Å². The second kappa shape index (κ2) is 11.3. The van der Waals surface area contributed by atoms with Crippen LogP contribution < -0.4 is 0 Å². The van der Waals surface area contributed by atoms with Crippen LogP contribution in [0.4, 0.5) is 0 Å². The van der Waals surface area contributed by atoms with Crippen LogP contribution in [0.2, 0.25) is 0 Å². The maximum absolute atomic E-state index is 11.5. The van der Waals surface area contributed by atoms with Gasteiger partial charge in [0.1, 0.15) is 5.76 Å². The van der Waals surface area contributed by atoms with E-state index in [1.54, 1.807) is 12.1 Å². The normalized spacial score (nSPS) is 11.2. The summed E-state index contributed by atoms with van der Waals surface area (Å²) in [6.07, 6.45) is 10.9. The number of carbonyl (C=O) groups excluding carboxylic acids is 2. The lowest BCUT2D eigenvalue weighted by molar-refractivity contribution is -0.138. The molecule has 0 aliphatic carbocycles. The molecule has 5 nitrogen and oxygen atoms in total. The van der Waals surface area contributed by atoms with Gasteiger partial charge in [0.2, 0.25) is 0 Å². The number of rotatable bonds is 10. The molecule has 0 aliphatic rings. The van der Waals surface area contributed by atoms with E-state index in [1.165, 1.54) is 24.5 Å². The van der Waals surface area contributed by atoms with Crippen molar-refractivity contribution in [2.24, 2.45) is 0 Å². The fourth-order valence-electron chi connectivity index (χ4n) is 1.64. The number of ether oxygens (including phenoxy) is 2. The second-order valence-electron chi connectivity index (χ2n) is 4.95. The van der Waals surface area contributed by atoms with Crippen LogP contribution in [0.25, 0.3) is 12.2 Å². The van der Waals surface area contributed by atoms with Gasteiger partial charge in [0, 0.05) is 17.7 Å². The molecule has 0 spiro atoms. The molecule has 1 rings (SSSR count). The Labute approximate surface area is 137 Å². The zero-order valence-electron chi connectivity index (χ0n) is 13.7. The Hall–Kier alpha value is -2.30. The van der Waals surface area contributed by atoms with Gasteiger partial charge in [-0.2, -0.15) is 0 Å². The Morgan fingerprint density at radius 2 is 1.57 bits per heavy atom. The molecule has 0 saturated heterocycles. The lowest BCUT2D eigenvalue weighted by Gasteiger charge is -1.99. The van der Waals surface area contributed by atoms with Gasteiger partial charge in [-0.3, -0.25) is 0 Å². The minimum absolute atomic E-state index is 0.395. The van der Waals surface area contributed by atoms with E-state index in [0.717, 1.165) is 25.7 Å². The number of carbonyl (C=O) groups is 2. The van der Waals surface area contributed by atoms with Crippen molar-refractivity contribution in [1.82, 2.24) is 0 Å². The van der Waals surface area contributed by atoms with Gasteiger partial charge in [0.05, 0.1) is 19.5 Å². The molecular formula is C18H24O5. The van der Waals surface area contributed by atoms with Crippen molar-refractivity contribution in [3.63, 3.8) is 0 Å². The van der Waals surface area contributed by atoms with Crippen molar-refractivity contribution in [3.05, 3.63) is 35.8 Å². The molecule has 0 fully saturated rings. The average molecular weight is 320 g/mol. The standard InChI is InChI=1S/C18H24O5/c1-3-5-12-22-17(19)9-7-15-11-14-21-16(15)8-10-18(20)23-13-6-4-2/h7-11,14H,3-6,12-13H2,1-2H3/b9-7+,10-8+. The lowest BCUT2D eigenvalue weighted by atomic mass is 10.2. The fourth-order valence-corrected chi connectivity index (χ4v) is 1.64. The summed E-state index contributed by atoms with van der Waals surface area (Å²) in [4.78, 5) is 23.0. The van der Waals surface area contributed by atoms with Gasteiger partial charge >= 0.3 is 11.9 Å². The van der Waals surface area contributed by atoms with Crippen molar-refractivity contribution < 1.29 is 23.5 Å². The molecule has 0 aromatic carbocycles. The number of hydrogen-bond donors (Lipinski definition) is 0. The Kier molecular flexibility index (Phi) is 9.20. The van der Waals surface area contributed by atoms with Crippen molar-refractivity contribution in [2.45, 2.75) is 39.5 Å². The van der Waals surface area contributed by atoms with Crippen LogP contribution in [0.15, 0.2) is 28.9 Å². The van der Waals surface area contributed by atoms with Crippen molar-refractivity contribution in [3.8, 4) is 0 Å². The molecule has 1 heterocycles. The Morgan fingerprint density at radius 1 is 1.00 bits per heavy atom. The highest BCUT2D eigenvalue weighted by atomic mass is 16.5. The third-order valence-corrected chi connectivity index (χ3v) is 2.98. The second-order valence-corrected chi connectivity index (χ2v) is 4.95. The molecule has 5 heteroatoms. The van der Waals surface area contributed by atoms with Crippen LogP contribution in [0, 0.1) is 0 Å². The van der Waals surface area contributed by atoms with Crippen LogP contribution in [0.1, 0.15) is 50.9 Å². The predicted molar refractivity (Wildman–Crippen MR) is 88.5 cm³/mol. The third kappa shape index (κ3) is 8.04. The molecule has 0 amide bonds.